The van der Waals surface area contributed by atoms with Crippen LogP contribution in [0.1, 0.15) is 23.1 Å². The van der Waals surface area contributed by atoms with Gasteiger partial charge in [0.05, 0.1) is 21.6 Å². The number of halogens is 1. The number of rotatable bonds is 3. The second kappa shape index (κ2) is 9.09. The number of fused-ring (bicyclic) bond motifs is 2. The van der Waals surface area contributed by atoms with Crippen LogP contribution in [0.5, 0.6) is 0 Å². The normalized spacial score (nSPS) is 10.7. The number of nitrogens with two attached hydrogens (primary N) is 2. The Hall–Kier alpha value is -4.24. The average Bonchev–Trinajstić information content (AvgIpc) is 3.16. The summed E-state index contributed by atoms with van der Waals surface area (Å²) in [6.45, 7) is 1.98. The number of primary amides is 1. The van der Waals surface area contributed by atoms with E-state index >= 15 is 0 Å². The molecule has 1 amide bonds. The van der Waals surface area contributed by atoms with Crippen molar-refractivity contribution in [3.63, 3.8) is 0 Å². The fraction of sp³-hybridized carbons (Fsp3) is 0.0870. The summed E-state index contributed by atoms with van der Waals surface area (Å²) in [7, 11) is 0. The van der Waals surface area contributed by atoms with Crippen molar-refractivity contribution in [1.82, 2.24) is 24.1 Å². The number of amides is 1. The molecule has 166 valence electrons. The van der Waals surface area contributed by atoms with Gasteiger partial charge >= 0.3 is 0 Å². The number of nitrogen functional groups attached to an aromatic ring is 1. The molecule has 5 rings (SSSR count). The zero-order chi connectivity index (χ0) is 23.5. The Morgan fingerprint density at radius 3 is 2.55 bits per heavy atom. The summed E-state index contributed by atoms with van der Waals surface area (Å²) in [5, 5.41) is 4.91. The topological polar surface area (TPSA) is 134 Å². The van der Waals surface area contributed by atoms with Crippen LogP contribution in [0.2, 0.25) is 5.02 Å². The number of hydrogen-bond donors (Lipinski definition) is 2. The molecule has 4 N–H and O–H groups in total. The van der Waals surface area contributed by atoms with E-state index in [-0.39, 0.29) is 16.9 Å². The van der Waals surface area contributed by atoms with E-state index in [1.807, 2.05) is 37.3 Å². The first-order valence-corrected chi connectivity index (χ1v) is 10.4. The highest BCUT2D eigenvalue weighted by molar-refractivity contribution is 6.35. The van der Waals surface area contributed by atoms with E-state index < -0.39 is 5.91 Å². The van der Waals surface area contributed by atoms with E-state index in [1.54, 1.807) is 41.2 Å². The molecule has 0 saturated carbocycles. The molecular weight excluding hydrogens is 442 g/mol. The van der Waals surface area contributed by atoms with E-state index in [2.05, 4.69) is 15.1 Å². The molecule has 3 aromatic heterocycles. The number of hydrogen-bond acceptors (Lipinski definition) is 6. The molecule has 5 aromatic rings. The van der Waals surface area contributed by atoms with Crippen LogP contribution in [-0.4, -0.2) is 30.1 Å². The highest BCUT2D eigenvalue weighted by Crippen LogP contribution is 2.20. The molecule has 2 aromatic carbocycles. The van der Waals surface area contributed by atoms with Crippen molar-refractivity contribution in [3.8, 4) is 5.69 Å². The molecular formula is C23H20ClN7O2. The van der Waals surface area contributed by atoms with Crippen molar-refractivity contribution < 1.29 is 4.79 Å². The second-order valence-corrected chi connectivity index (χ2v) is 7.41. The first kappa shape index (κ1) is 22.0. The highest BCUT2D eigenvalue weighted by Gasteiger charge is 2.15. The van der Waals surface area contributed by atoms with Crippen LogP contribution in [0.25, 0.3) is 22.2 Å². The molecule has 3 heterocycles. The van der Waals surface area contributed by atoms with Crippen molar-refractivity contribution in [2.45, 2.75) is 13.3 Å². The number of benzene rings is 2. The predicted molar refractivity (Wildman–Crippen MR) is 128 cm³/mol. The lowest BCUT2D eigenvalue weighted by molar-refractivity contribution is 0.100. The first-order valence-electron chi connectivity index (χ1n) is 10.1. The maximum atomic E-state index is 12.7. The third-order valence-electron chi connectivity index (χ3n) is 4.92. The van der Waals surface area contributed by atoms with E-state index in [0.717, 1.165) is 5.69 Å². The van der Waals surface area contributed by atoms with Crippen LogP contribution in [0.3, 0.4) is 0 Å². The smallest absolute Gasteiger partial charge is 0.266 e. The van der Waals surface area contributed by atoms with Gasteiger partial charge < -0.3 is 11.5 Å². The van der Waals surface area contributed by atoms with Crippen molar-refractivity contribution in [2.75, 3.05) is 5.73 Å². The lowest BCUT2D eigenvalue weighted by Crippen LogP contribution is -2.23. The third-order valence-corrected chi connectivity index (χ3v) is 5.22. The molecule has 0 atom stereocenters. The molecule has 0 fully saturated rings. The molecule has 0 spiro atoms. The van der Waals surface area contributed by atoms with Gasteiger partial charge in [0.25, 0.3) is 11.5 Å². The van der Waals surface area contributed by atoms with Gasteiger partial charge in [-0.3, -0.25) is 14.2 Å². The molecule has 33 heavy (non-hydrogen) atoms. The van der Waals surface area contributed by atoms with Crippen LogP contribution < -0.4 is 17.0 Å². The maximum Gasteiger partial charge on any atom is 0.266 e. The van der Waals surface area contributed by atoms with Gasteiger partial charge in [-0.1, -0.05) is 42.8 Å². The number of aromatic nitrogens is 5. The lowest BCUT2D eigenvalue weighted by Gasteiger charge is -2.12. The number of carbonyl (C=O) groups excluding carboxylic acids is 1. The summed E-state index contributed by atoms with van der Waals surface area (Å²) in [6, 6.07) is 16.5. The summed E-state index contributed by atoms with van der Waals surface area (Å²) in [5.74, 6) is 0.194. The van der Waals surface area contributed by atoms with Crippen LogP contribution >= 0.6 is 11.6 Å². The van der Waals surface area contributed by atoms with E-state index in [0.29, 0.717) is 33.8 Å². The van der Waals surface area contributed by atoms with Crippen molar-refractivity contribution >= 4 is 39.9 Å². The fourth-order valence-electron chi connectivity index (χ4n) is 3.44. The van der Waals surface area contributed by atoms with Crippen LogP contribution in [0, 0.1) is 0 Å². The summed E-state index contributed by atoms with van der Waals surface area (Å²) < 4.78 is 3.06. The zero-order valence-corrected chi connectivity index (χ0v) is 18.4. The molecule has 0 aliphatic heterocycles. The van der Waals surface area contributed by atoms with Gasteiger partial charge in [0.2, 0.25) is 0 Å². The number of carbonyl (C=O) groups is 1. The van der Waals surface area contributed by atoms with Gasteiger partial charge in [0.15, 0.2) is 11.5 Å². The number of nitrogens with zero attached hydrogens (tertiary/aromatic N) is 5. The summed E-state index contributed by atoms with van der Waals surface area (Å²) in [4.78, 5) is 32.2. The molecule has 10 heteroatoms. The minimum absolute atomic E-state index is 0.0828. The number of aryl methyl sites for hydroxylation is 1. The number of anilines is 1. The molecule has 9 nitrogen and oxygen atoms in total. The largest absolute Gasteiger partial charge is 0.381 e. The predicted octanol–water partition coefficient (Wildman–Crippen LogP) is 3.01. The molecule has 0 radical (unpaired) electrons. The maximum absolute atomic E-state index is 12.7. The Balaban J connectivity index is 0.000000172. The summed E-state index contributed by atoms with van der Waals surface area (Å²) in [6.07, 6.45) is 3.85. The zero-order valence-electron chi connectivity index (χ0n) is 17.6. The molecule has 0 aliphatic carbocycles. The third kappa shape index (κ3) is 4.13. The van der Waals surface area contributed by atoms with E-state index in [1.165, 1.54) is 4.52 Å². The Morgan fingerprint density at radius 2 is 1.85 bits per heavy atom. The molecule has 0 saturated heterocycles. The number of para-hydroxylation sites is 2. The van der Waals surface area contributed by atoms with Gasteiger partial charge in [-0.2, -0.15) is 0 Å². The summed E-state index contributed by atoms with van der Waals surface area (Å²) in [5.41, 5.74) is 12.5. The van der Waals surface area contributed by atoms with Crippen molar-refractivity contribution in [2.24, 2.45) is 5.73 Å². The Kier molecular flexibility index (Phi) is 6.05. The Bertz CT molecular complexity index is 1530. The Morgan fingerprint density at radius 1 is 1.09 bits per heavy atom. The van der Waals surface area contributed by atoms with Gasteiger partial charge in [-0.15, -0.1) is 5.10 Å². The van der Waals surface area contributed by atoms with Crippen LogP contribution in [0.15, 0.2) is 71.8 Å². The van der Waals surface area contributed by atoms with Crippen molar-refractivity contribution in [3.05, 3.63) is 93.8 Å². The van der Waals surface area contributed by atoms with E-state index in [4.69, 9.17) is 23.1 Å². The van der Waals surface area contributed by atoms with Gasteiger partial charge in [0, 0.05) is 18.8 Å². The second-order valence-electron chi connectivity index (χ2n) is 7.01. The first-order chi connectivity index (χ1) is 15.9. The summed E-state index contributed by atoms with van der Waals surface area (Å²) >= 11 is 6.15. The van der Waals surface area contributed by atoms with Crippen molar-refractivity contribution in [1.29, 1.82) is 0 Å². The highest BCUT2D eigenvalue weighted by atomic mass is 35.5. The lowest BCUT2D eigenvalue weighted by atomic mass is 10.2. The van der Waals surface area contributed by atoms with Gasteiger partial charge in [0.1, 0.15) is 11.4 Å². The minimum Gasteiger partial charge on any atom is -0.381 e. The minimum atomic E-state index is -0.619. The standard InChI is InChI=1S/C16H13ClN2O.C7H7N5O/c1-2-14-18-15-12(9-6-10-13(15)17)16(20)19(14)11-7-4-3-5-8-11;8-5-4(6(9)13)7-10-2-1-3-12(7)11-5/h3-10H,2H2,1H3;1-3H,(H2,8,11)(H2,9,13). The van der Waals surface area contributed by atoms with Gasteiger partial charge in [-0.25, -0.2) is 14.5 Å². The molecule has 0 unspecified atom stereocenters. The Labute approximate surface area is 193 Å². The van der Waals surface area contributed by atoms with Gasteiger partial charge in [-0.05, 0) is 30.3 Å². The van der Waals surface area contributed by atoms with E-state index in [9.17, 15) is 9.59 Å². The monoisotopic (exact) mass is 461 g/mol. The van der Waals surface area contributed by atoms with Crippen LogP contribution in [0.4, 0.5) is 5.82 Å². The SMILES string of the molecule is CCc1nc2c(Cl)cccc2c(=O)n1-c1ccccc1.NC(=O)c1c(N)nn2cccnc12. The fourth-order valence-corrected chi connectivity index (χ4v) is 3.66. The quantitative estimate of drug-likeness (QED) is 0.424. The molecule has 0 bridgehead atoms. The average molecular weight is 462 g/mol. The van der Waals surface area contributed by atoms with Crippen LogP contribution in [-0.2, 0) is 6.42 Å². The molecule has 0 aliphatic rings.